The van der Waals surface area contributed by atoms with Crippen LogP contribution in [-0.2, 0) is 0 Å². The molecule has 1 aliphatic rings. The Kier molecular flexibility index (Phi) is 3.99. The minimum Gasteiger partial charge on any atom is -0.368 e. The van der Waals surface area contributed by atoms with Crippen LogP contribution in [0.2, 0.25) is 0 Å². The Morgan fingerprint density at radius 3 is 2.61 bits per heavy atom. The highest BCUT2D eigenvalue weighted by atomic mass is 19.1. The maximum absolute atomic E-state index is 13.8. The molecule has 1 heterocycles. The molecule has 0 aliphatic heterocycles. The lowest BCUT2D eigenvalue weighted by Crippen LogP contribution is -2.30. The summed E-state index contributed by atoms with van der Waals surface area (Å²) in [4.78, 5) is 5.91. The largest absolute Gasteiger partial charge is 0.368 e. The van der Waals surface area contributed by atoms with Gasteiger partial charge in [0.1, 0.15) is 0 Å². The molecular formula is C13H19F2N3. The Morgan fingerprint density at radius 2 is 2.00 bits per heavy atom. The van der Waals surface area contributed by atoms with Gasteiger partial charge in [-0.2, -0.15) is 0 Å². The van der Waals surface area contributed by atoms with E-state index in [1.807, 2.05) is 18.9 Å². The Morgan fingerprint density at radius 1 is 1.33 bits per heavy atom. The van der Waals surface area contributed by atoms with Crippen LogP contribution in [0.1, 0.15) is 32.6 Å². The van der Waals surface area contributed by atoms with Crippen molar-refractivity contribution >= 4 is 11.6 Å². The molecule has 0 unspecified atom stereocenters. The van der Waals surface area contributed by atoms with Crippen molar-refractivity contribution in [1.82, 2.24) is 4.98 Å². The van der Waals surface area contributed by atoms with Gasteiger partial charge in [0.05, 0.1) is 0 Å². The van der Waals surface area contributed by atoms with Gasteiger partial charge in [-0.3, -0.25) is 0 Å². The molecule has 0 radical (unpaired) electrons. The number of nitrogens with one attached hydrogen (secondary N) is 1. The zero-order valence-corrected chi connectivity index (χ0v) is 10.8. The second-order valence-corrected chi connectivity index (χ2v) is 4.70. The van der Waals surface area contributed by atoms with Gasteiger partial charge in [-0.15, -0.1) is 0 Å². The SMILES string of the molecule is CCNc1nc(N(C)C2CCCC2)c(F)cc1F. The first-order valence-corrected chi connectivity index (χ1v) is 6.46. The van der Waals surface area contributed by atoms with Gasteiger partial charge < -0.3 is 10.2 Å². The maximum Gasteiger partial charge on any atom is 0.168 e. The lowest BCUT2D eigenvalue weighted by Gasteiger charge is -2.26. The molecule has 1 saturated carbocycles. The summed E-state index contributed by atoms with van der Waals surface area (Å²) >= 11 is 0. The van der Waals surface area contributed by atoms with Gasteiger partial charge in [0.25, 0.3) is 0 Å². The number of aromatic nitrogens is 1. The van der Waals surface area contributed by atoms with E-state index in [1.165, 1.54) is 0 Å². The molecule has 0 spiro atoms. The van der Waals surface area contributed by atoms with E-state index in [2.05, 4.69) is 10.3 Å². The monoisotopic (exact) mass is 255 g/mol. The predicted octanol–water partition coefficient (Wildman–Crippen LogP) is 3.17. The van der Waals surface area contributed by atoms with Crippen molar-refractivity contribution < 1.29 is 8.78 Å². The first kappa shape index (κ1) is 13.1. The number of halogens is 2. The number of rotatable bonds is 4. The van der Waals surface area contributed by atoms with Gasteiger partial charge in [-0.25, -0.2) is 13.8 Å². The van der Waals surface area contributed by atoms with E-state index in [0.717, 1.165) is 31.7 Å². The van der Waals surface area contributed by atoms with Crippen molar-refractivity contribution in [3.8, 4) is 0 Å². The van der Waals surface area contributed by atoms with Crippen LogP contribution in [-0.4, -0.2) is 24.6 Å². The van der Waals surface area contributed by atoms with Crippen molar-refractivity contribution in [2.24, 2.45) is 0 Å². The Labute approximate surface area is 106 Å². The minimum absolute atomic E-state index is 0.124. The van der Waals surface area contributed by atoms with E-state index in [0.29, 0.717) is 12.6 Å². The average Bonchev–Trinajstić information content (AvgIpc) is 2.85. The highest BCUT2D eigenvalue weighted by molar-refractivity contribution is 5.49. The molecule has 0 amide bonds. The average molecular weight is 255 g/mol. The summed E-state index contributed by atoms with van der Waals surface area (Å²) in [6, 6.07) is 1.22. The fourth-order valence-electron chi connectivity index (χ4n) is 2.46. The lowest BCUT2D eigenvalue weighted by molar-refractivity contribution is 0.559. The zero-order valence-electron chi connectivity index (χ0n) is 10.8. The van der Waals surface area contributed by atoms with Gasteiger partial charge >= 0.3 is 0 Å². The molecule has 0 atom stereocenters. The summed E-state index contributed by atoms with van der Waals surface area (Å²) in [6.45, 7) is 2.41. The standard InChI is InChI=1S/C13H19F2N3/c1-3-16-12-10(14)8-11(15)13(17-12)18(2)9-6-4-5-7-9/h8-9H,3-7H2,1-2H3,(H,16,17). The fraction of sp³-hybridized carbons (Fsp3) is 0.615. The van der Waals surface area contributed by atoms with Gasteiger partial charge in [-0.05, 0) is 19.8 Å². The van der Waals surface area contributed by atoms with Crippen LogP contribution in [0.25, 0.3) is 0 Å². The van der Waals surface area contributed by atoms with Gasteiger partial charge in [0.2, 0.25) is 0 Å². The van der Waals surface area contributed by atoms with Crippen molar-refractivity contribution in [2.75, 3.05) is 23.8 Å². The number of hydrogen-bond donors (Lipinski definition) is 1. The van der Waals surface area contributed by atoms with Crippen molar-refractivity contribution in [2.45, 2.75) is 38.6 Å². The number of nitrogens with zero attached hydrogens (tertiary/aromatic N) is 2. The van der Waals surface area contributed by atoms with Crippen LogP contribution in [0.5, 0.6) is 0 Å². The summed E-state index contributed by atoms with van der Waals surface area (Å²) in [6.07, 6.45) is 4.42. The van der Waals surface area contributed by atoms with Gasteiger partial charge in [0.15, 0.2) is 23.3 Å². The normalized spacial score (nSPS) is 16.0. The fourth-order valence-corrected chi connectivity index (χ4v) is 2.46. The summed E-state index contributed by atoms with van der Waals surface area (Å²) < 4.78 is 27.3. The number of anilines is 2. The second-order valence-electron chi connectivity index (χ2n) is 4.70. The molecule has 1 aliphatic carbocycles. The summed E-state index contributed by atoms with van der Waals surface area (Å²) in [5, 5.41) is 2.81. The maximum atomic E-state index is 13.8. The van der Waals surface area contributed by atoms with Crippen molar-refractivity contribution in [3.05, 3.63) is 17.7 Å². The van der Waals surface area contributed by atoms with Crippen molar-refractivity contribution in [3.63, 3.8) is 0 Å². The molecule has 1 N–H and O–H groups in total. The topological polar surface area (TPSA) is 28.2 Å². The van der Waals surface area contributed by atoms with E-state index in [1.54, 1.807) is 0 Å². The lowest BCUT2D eigenvalue weighted by atomic mass is 10.2. The first-order valence-electron chi connectivity index (χ1n) is 6.46. The molecule has 0 aromatic carbocycles. The summed E-state index contributed by atoms with van der Waals surface area (Å²) in [5.41, 5.74) is 0. The zero-order chi connectivity index (χ0) is 13.1. The Balaban J connectivity index is 2.27. The van der Waals surface area contributed by atoms with Crippen LogP contribution < -0.4 is 10.2 Å². The molecule has 2 rings (SSSR count). The molecule has 3 nitrogen and oxygen atoms in total. The van der Waals surface area contributed by atoms with Crippen LogP contribution in [0, 0.1) is 11.6 Å². The van der Waals surface area contributed by atoms with E-state index >= 15 is 0 Å². The van der Waals surface area contributed by atoms with Gasteiger partial charge in [0, 0.05) is 25.7 Å². The highest BCUT2D eigenvalue weighted by Gasteiger charge is 2.24. The van der Waals surface area contributed by atoms with E-state index in [-0.39, 0.29) is 11.6 Å². The third-order valence-corrected chi connectivity index (χ3v) is 3.46. The number of hydrogen-bond acceptors (Lipinski definition) is 3. The van der Waals surface area contributed by atoms with E-state index in [4.69, 9.17) is 0 Å². The Hall–Kier alpha value is -1.39. The highest BCUT2D eigenvalue weighted by Crippen LogP contribution is 2.29. The van der Waals surface area contributed by atoms with Crippen LogP contribution >= 0.6 is 0 Å². The van der Waals surface area contributed by atoms with Crippen LogP contribution in [0.15, 0.2) is 6.07 Å². The third-order valence-electron chi connectivity index (χ3n) is 3.46. The van der Waals surface area contributed by atoms with E-state index < -0.39 is 11.6 Å². The third kappa shape index (κ3) is 2.54. The molecule has 1 aromatic heterocycles. The predicted molar refractivity (Wildman–Crippen MR) is 69.0 cm³/mol. The molecule has 1 fully saturated rings. The van der Waals surface area contributed by atoms with E-state index in [9.17, 15) is 8.78 Å². The Bertz CT molecular complexity index is 417. The molecule has 0 bridgehead atoms. The molecular weight excluding hydrogens is 236 g/mol. The molecule has 18 heavy (non-hydrogen) atoms. The summed E-state index contributed by atoms with van der Waals surface area (Å²) in [5.74, 6) is -0.875. The molecule has 0 saturated heterocycles. The van der Waals surface area contributed by atoms with Crippen LogP contribution in [0.3, 0.4) is 0 Å². The molecule has 1 aromatic rings. The molecule has 5 heteroatoms. The number of pyridine rings is 1. The molecule has 100 valence electrons. The minimum atomic E-state index is -0.641. The quantitative estimate of drug-likeness (QED) is 0.895. The second kappa shape index (κ2) is 5.50. The summed E-state index contributed by atoms with van der Waals surface area (Å²) in [7, 11) is 1.83. The smallest absolute Gasteiger partial charge is 0.168 e. The first-order chi connectivity index (χ1) is 8.63. The van der Waals surface area contributed by atoms with Crippen molar-refractivity contribution in [1.29, 1.82) is 0 Å². The van der Waals surface area contributed by atoms with Crippen LogP contribution in [0.4, 0.5) is 20.4 Å². The van der Waals surface area contributed by atoms with Gasteiger partial charge in [-0.1, -0.05) is 12.8 Å².